The Kier molecular flexibility index (Phi) is 6.91. The van der Waals surface area contributed by atoms with Gasteiger partial charge in [0.05, 0.1) is 0 Å². The van der Waals surface area contributed by atoms with E-state index >= 15 is 0 Å². The number of halogens is 1. The molecule has 64 valence electrons. The first-order valence-corrected chi connectivity index (χ1v) is 5.08. The van der Waals surface area contributed by atoms with Crippen molar-refractivity contribution >= 4 is 28.4 Å². The van der Waals surface area contributed by atoms with E-state index in [2.05, 4.69) is 35.6 Å². The van der Waals surface area contributed by atoms with E-state index in [1.807, 2.05) is 0 Å². The lowest BCUT2D eigenvalue weighted by molar-refractivity contribution is -0.116. The maximum atomic E-state index is 10.6. The summed E-state index contributed by atoms with van der Waals surface area (Å²) in [6.45, 7) is 3.80. The fourth-order valence-corrected chi connectivity index (χ4v) is 1.62. The highest BCUT2D eigenvalue weighted by Gasteiger charge is 1.95. The van der Waals surface area contributed by atoms with E-state index in [1.165, 1.54) is 16.4 Å². The van der Waals surface area contributed by atoms with Gasteiger partial charge in [-0.2, -0.15) is 0 Å². The summed E-state index contributed by atoms with van der Waals surface area (Å²) in [5.74, 6) is 0.252. The van der Waals surface area contributed by atoms with Crippen molar-refractivity contribution in [2.24, 2.45) is 0 Å². The van der Waals surface area contributed by atoms with Crippen molar-refractivity contribution in [3.63, 3.8) is 0 Å². The molecule has 0 saturated carbocycles. The molecule has 0 atom stereocenters. The molecule has 0 aliphatic carbocycles. The summed E-state index contributed by atoms with van der Waals surface area (Å²) in [7, 11) is 0. The average molecular weight is 266 g/mol. The summed E-state index contributed by atoms with van der Waals surface area (Å²) in [4.78, 5) is 10.6. The van der Waals surface area contributed by atoms with Crippen molar-refractivity contribution in [1.29, 1.82) is 0 Å². The second-order valence-electron chi connectivity index (χ2n) is 2.67. The van der Waals surface area contributed by atoms with Gasteiger partial charge >= 0.3 is 0 Å². The smallest absolute Gasteiger partial charge is 0.134 e. The third-order valence-corrected chi connectivity index (χ3v) is 2.16. The summed E-state index contributed by atoms with van der Waals surface area (Å²) in [6.07, 6.45) is 6.34. The van der Waals surface area contributed by atoms with Crippen LogP contribution in [0.3, 0.4) is 0 Å². The van der Waals surface area contributed by atoms with E-state index in [9.17, 15) is 4.79 Å². The number of unbranched alkanes of at least 4 members (excludes halogenated alkanes) is 2. The highest BCUT2D eigenvalue weighted by atomic mass is 127. The van der Waals surface area contributed by atoms with E-state index < -0.39 is 0 Å². The number of ketones is 1. The third-order valence-electron chi connectivity index (χ3n) is 1.34. The van der Waals surface area contributed by atoms with Crippen LogP contribution in [0.2, 0.25) is 0 Å². The zero-order valence-corrected chi connectivity index (χ0v) is 9.35. The van der Waals surface area contributed by atoms with Gasteiger partial charge in [-0.25, -0.2) is 0 Å². The number of rotatable bonds is 5. The quantitative estimate of drug-likeness (QED) is 0.550. The molecule has 1 nitrogen and oxygen atoms in total. The standard InChI is InChI=1S/C9H15IO/c1-3-4-5-6-9(10)7-8(2)11/h6H,3-5,7H2,1-2H3/b9-6+. The topological polar surface area (TPSA) is 17.1 Å². The van der Waals surface area contributed by atoms with E-state index in [0.717, 1.165) is 6.42 Å². The van der Waals surface area contributed by atoms with Crippen LogP contribution in [0.25, 0.3) is 0 Å². The van der Waals surface area contributed by atoms with Crippen LogP contribution >= 0.6 is 22.6 Å². The lowest BCUT2D eigenvalue weighted by atomic mass is 10.2. The van der Waals surface area contributed by atoms with Crippen molar-refractivity contribution in [2.75, 3.05) is 0 Å². The van der Waals surface area contributed by atoms with Crippen LogP contribution in [0.5, 0.6) is 0 Å². The summed E-state index contributed by atoms with van der Waals surface area (Å²) >= 11 is 2.24. The molecule has 0 N–H and O–H groups in total. The van der Waals surface area contributed by atoms with Crippen LogP contribution in [-0.4, -0.2) is 5.78 Å². The van der Waals surface area contributed by atoms with Crippen molar-refractivity contribution in [1.82, 2.24) is 0 Å². The third kappa shape index (κ3) is 8.04. The molecular weight excluding hydrogens is 251 g/mol. The lowest BCUT2D eigenvalue weighted by Crippen LogP contribution is -1.87. The molecule has 0 aromatic carbocycles. The number of Topliss-reactive ketones (excluding diaryl/α,β-unsaturated/α-hetero) is 1. The first-order valence-electron chi connectivity index (χ1n) is 4.00. The maximum absolute atomic E-state index is 10.6. The van der Waals surface area contributed by atoms with E-state index in [1.54, 1.807) is 6.92 Å². The van der Waals surface area contributed by atoms with Crippen molar-refractivity contribution < 1.29 is 4.79 Å². The minimum absolute atomic E-state index is 0.252. The molecule has 0 radical (unpaired) electrons. The second-order valence-corrected chi connectivity index (χ2v) is 4.06. The molecule has 0 amide bonds. The largest absolute Gasteiger partial charge is 0.300 e. The van der Waals surface area contributed by atoms with Crippen LogP contribution in [0.15, 0.2) is 9.66 Å². The molecular formula is C9H15IO. The van der Waals surface area contributed by atoms with Crippen LogP contribution in [0.4, 0.5) is 0 Å². The summed E-state index contributed by atoms with van der Waals surface area (Å²) in [5.41, 5.74) is 0. The molecule has 0 unspecified atom stereocenters. The number of allylic oxidation sites excluding steroid dienone is 2. The van der Waals surface area contributed by atoms with Gasteiger partial charge in [0.15, 0.2) is 0 Å². The Balaban J connectivity index is 3.54. The fourth-order valence-electron chi connectivity index (χ4n) is 0.773. The molecule has 0 aliphatic heterocycles. The first kappa shape index (κ1) is 11.1. The highest BCUT2D eigenvalue weighted by molar-refractivity contribution is 14.1. The number of carbonyl (C=O) groups is 1. The van der Waals surface area contributed by atoms with Gasteiger partial charge in [-0.1, -0.05) is 25.8 Å². The number of hydrogen-bond donors (Lipinski definition) is 0. The van der Waals surface area contributed by atoms with Gasteiger partial charge in [0, 0.05) is 6.42 Å². The van der Waals surface area contributed by atoms with Gasteiger partial charge in [-0.3, -0.25) is 4.79 Å². The van der Waals surface area contributed by atoms with Crippen LogP contribution in [0.1, 0.15) is 39.5 Å². The van der Waals surface area contributed by atoms with E-state index in [0.29, 0.717) is 6.42 Å². The monoisotopic (exact) mass is 266 g/mol. The van der Waals surface area contributed by atoms with E-state index in [4.69, 9.17) is 0 Å². The molecule has 0 aromatic heterocycles. The Labute approximate surface area is 82.4 Å². The van der Waals surface area contributed by atoms with Crippen molar-refractivity contribution in [2.45, 2.75) is 39.5 Å². The summed E-state index contributed by atoms with van der Waals surface area (Å²) < 4.78 is 1.18. The van der Waals surface area contributed by atoms with Gasteiger partial charge in [-0.05, 0) is 39.5 Å². The Morgan fingerprint density at radius 3 is 2.64 bits per heavy atom. The summed E-state index contributed by atoms with van der Waals surface area (Å²) in [6, 6.07) is 0. The molecule has 0 fully saturated rings. The summed E-state index contributed by atoms with van der Waals surface area (Å²) in [5, 5.41) is 0. The normalized spacial score (nSPS) is 11.7. The molecule has 0 aliphatic rings. The molecule has 0 spiro atoms. The second kappa shape index (κ2) is 6.83. The molecule has 0 aromatic rings. The van der Waals surface area contributed by atoms with Gasteiger partial charge in [-0.15, -0.1) is 0 Å². The van der Waals surface area contributed by atoms with Crippen molar-refractivity contribution in [3.05, 3.63) is 9.66 Å². The van der Waals surface area contributed by atoms with Gasteiger partial charge in [0.1, 0.15) is 5.78 Å². The molecule has 0 rings (SSSR count). The van der Waals surface area contributed by atoms with Crippen LogP contribution in [0, 0.1) is 0 Å². The average Bonchev–Trinajstić information content (AvgIpc) is 1.86. The van der Waals surface area contributed by atoms with E-state index in [-0.39, 0.29) is 5.78 Å². The lowest BCUT2D eigenvalue weighted by Gasteiger charge is -1.94. The maximum Gasteiger partial charge on any atom is 0.134 e. The zero-order valence-electron chi connectivity index (χ0n) is 7.19. The Morgan fingerprint density at radius 1 is 1.55 bits per heavy atom. The minimum Gasteiger partial charge on any atom is -0.300 e. The highest BCUT2D eigenvalue weighted by Crippen LogP contribution is 2.13. The minimum atomic E-state index is 0.252. The SMILES string of the molecule is CCCC/C=C(/I)CC(C)=O. The number of hydrogen-bond acceptors (Lipinski definition) is 1. The predicted octanol–water partition coefficient (Wildman–Crippen LogP) is 3.47. The molecule has 11 heavy (non-hydrogen) atoms. The Bertz CT molecular complexity index is 150. The molecule has 0 heterocycles. The van der Waals surface area contributed by atoms with Gasteiger partial charge in [0.25, 0.3) is 0 Å². The Morgan fingerprint density at radius 2 is 2.18 bits per heavy atom. The molecule has 0 bridgehead atoms. The van der Waals surface area contributed by atoms with Gasteiger partial charge in [0.2, 0.25) is 0 Å². The predicted molar refractivity (Wildman–Crippen MR) is 56.9 cm³/mol. The van der Waals surface area contributed by atoms with Crippen molar-refractivity contribution in [3.8, 4) is 0 Å². The van der Waals surface area contributed by atoms with Crippen LogP contribution < -0.4 is 0 Å². The molecule has 0 saturated heterocycles. The zero-order chi connectivity index (χ0) is 8.69. The number of carbonyl (C=O) groups excluding carboxylic acids is 1. The fraction of sp³-hybridized carbons (Fsp3) is 0.667. The molecule has 2 heteroatoms. The van der Waals surface area contributed by atoms with Crippen LogP contribution in [-0.2, 0) is 4.79 Å². The first-order chi connectivity index (χ1) is 5.16. The van der Waals surface area contributed by atoms with Gasteiger partial charge < -0.3 is 0 Å². The Hall–Kier alpha value is 0.140.